The molecule has 1 aromatic rings. The van der Waals surface area contributed by atoms with Gasteiger partial charge in [0.25, 0.3) is 0 Å². The van der Waals surface area contributed by atoms with Gasteiger partial charge in [0.15, 0.2) is 5.78 Å². The number of ketones is 1. The van der Waals surface area contributed by atoms with Gasteiger partial charge in [0.2, 0.25) is 0 Å². The molecule has 0 aliphatic carbocycles. The van der Waals surface area contributed by atoms with E-state index in [1.165, 1.54) is 12.1 Å². The predicted molar refractivity (Wildman–Crippen MR) is 101 cm³/mol. The van der Waals surface area contributed by atoms with Crippen LogP contribution in [0.4, 0.5) is 23.2 Å². The number of hydrogen-bond donors (Lipinski definition) is 0. The highest BCUT2D eigenvalue weighted by atomic mass is 19.4. The van der Waals surface area contributed by atoms with Gasteiger partial charge >= 0.3 is 6.18 Å². The Bertz CT molecular complexity index is 716. The van der Waals surface area contributed by atoms with Crippen LogP contribution in [-0.4, -0.2) is 48.6 Å². The molecule has 1 unspecified atom stereocenters. The van der Waals surface area contributed by atoms with Gasteiger partial charge in [-0.2, -0.15) is 13.2 Å². The number of halogens is 4. The lowest BCUT2D eigenvalue weighted by molar-refractivity contribution is -0.137. The van der Waals surface area contributed by atoms with Gasteiger partial charge in [-0.3, -0.25) is 9.69 Å². The van der Waals surface area contributed by atoms with Crippen molar-refractivity contribution in [1.82, 2.24) is 4.90 Å². The number of alkyl halides is 4. The fourth-order valence-electron chi connectivity index (χ4n) is 4.68. The number of nitrogens with zero attached hydrogens (tertiary/aromatic N) is 2. The second-order valence-corrected chi connectivity index (χ2v) is 9.00. The maximum Gasteiger partial charge on any atom is 0.416 e. The van der Waals surface area contributed by atoms with Gasteiger partial charge in [0.05, 0.1) is 5.56 Å². The molecule has 0 N–H and O–H groups in total. The first-order valence-electron chi connectivity index (χ1n) is 9.75. The highest BCUT2D eigenvalue weighted by Gasteiger charge is 2.50. The predicted octanol–water partition coefficient (Wildman–Crippen LogP) is 4.70. The van der Waals surface area contributed by atoms with Crippen LogP contribution in [-0.2, 0) is 11.0 Å². The van der Waals surface area contributed by atoms with E-state index in [1.54, 1.807) is 6.92 Å². The molecule has 2 aliphatic rings. The van der Waals surface area contributed by atoms with Crippen molar-refractivity contribution < 1.29 is 22.4 Å². The summed E-state index contributed by atoms with van der Waals surface area (Å²) in [6.07, 6.45) is -3.41. The highest BCUT2D eigenvalue weighted by molar-refractivity contribution is 5.90. The molecule has 7 heteroatoms. The molecule has 2 heterocycles. The third-order valence-electron chi connectivity index (χ3n) is 6.16. The number of rotatable bonds is 4. The molecule has 1 aromatic carbocycles. The monoisotopic (exact) mass is 400 g/mol. The van der Waals surface area contributed by atoms with Crippen LogP contribution in [0.3, 0.4) is 0 Å². The Hall–Kier alpha value is -1.63. The minimum absolute atomic E-state index is 0.0255. The summed E-state index contributed by atoms with van der Waals surface area (Å²) in [7, 11) is 0. The van der Waals surface area contributed by atoms with Crippen LogP contribution < -0.4 is 4.90 Å². The van der Waals surface area contributed by atoms with Gasteiger partial charge in [-0.15, -0.1) is 0 Å². The summed E-state index contributed by atoms with van der Waals surface area (Å²) >= 11 is 0. The Morgan fingerprint density at radius 2 is 1.82 bits per heavy atom. The van der Waals surface area contributed by atoms with Crippen LogP contribution in [0.15, 0.2) is 24.3 Å². The molecular formula is C21H28F4N2O. The van der Waals surface area contributed by atoms with E-state index >= 15 is 0 Å². The summed E-state index contributed by atoms with van der Waals surface area (Å²) in [4.78, 5) is 16.9. The zero-order valence-electron chi connectivity index (χ0n) is 16.7. The summed E-state index contributed by atoms with van der Waals surface area (Å²) in [5.41, 5.74) is -1.05. The normalized spacial score (nSPS) is 28.5. The largest absolute Gasteiger partial charge is 0.416 e. The zero-order chi connectivity index (χ0) is 20.7. The number of carbonyl (C=O) groups excluding carboxylic acids is 1. The molecule has 2 atom stereocenters. The molecular weight excluding hydrogens is 372 g/mol. The molecule has 0 bridgehead atoms. The average molecular weight is 400 g/mol. The van der Waals surface area contributed by atoms with Gasteiger partial charge in [-0.25, -0.2) is 4.39 Å². The lowest BCUT2D eigenvalue weighted by atomic mass is 9.69. The first-order valence-corrected chi connectivity index (χ1v) is 9.75. The van der Waals surface area contributed by atoms with E-state index in [0.717, 1.165) is 18.6 Å². The topological polar surface area (TPSA) is 23.6 Å². The van der Waals surface area contributed by atoms with Crippen molar-refractivity contribution in [2.45, 2.75) is 57.9 Å². The number of carbonyl (C=O) groups is 1. The van der Waals surface area contributed by atoms with E-state index in [9.17, 15) is 22.4 Å². The van der Waals surface area contributed by atoms with Crippen molar-refractivity contribution >= 4 is 11.5 Å². The fraction of sp³-hybridized carbons (Fsp3) is 0.667. The second-order valence-electron chi connectivity index (χ2n) is 9.00. The van der Waals surface area contributed by atoms with Gasteiger partial charge < -0.3 is 4.90 Å². The van der Waals surface area contributed by atoms with Crippen LogP contribution in [0.2, 0.25) is 0 Å². The molecule has 28 heavy (non-hydrogen) atoms. The molecule has 0 aromatic heterocycles. The van der Waals surface area contributed by atoms with E-state index in [0.29, 0.717) is 44.7 Å². The number of Topliss-reactive ketones (excluding diaryl/α,β-unsaturated/α-hetero) is 1. The quantitative estimate of drug-likeness (QED) is 0.685. The van der Waals surface area contributed by atoms with Gasteiger partial charge in [-0.05, 0) is 55.9 Å². The number of likely N-dealkylation sites (tertiary alicyclic amines) is 1. The maximum atomic E-state index is 13.7. The van der Waals surface area contributed by atoms with Crippen LogP contribution >= 0.6 is 0 Å². The Balaban J connectivity index is 1.97. The van der Waals surface area contributed by atoms with Crippen molar-refractivity contribution in [3.63, 3.8) is 0 Å². The van der Waals surface area contributed by atoms with E-state index in [4.69, 9.17) is 0 Å². The molecule has 0 amide bonds. The number of piperidine rings is 1. The molecule has 2 saturated heterocycles. The van der Waals surface area contributed by atoms with Crippen molar-refractivity contribution in [3.8, 4) is 0 Å². The summed E-state index contributed by atoms with van der Waals surface area (Å²) < 4.78 is 52.6. The Morgan fingerprint density at radius 3 is 2.32 bits per heavy atom. The lowest BCUT2D eigenvalue weighted by Crippen LogP contribution is -2.65. The molecule has 3 rings (SSSR count). The van der Waals surface area contributed by atoms with E-state index < -0.39 is 23.5 Å². The molecule has 2 fully saturated rings. The van der Waals surface area contributed by atoms with Gasteiger partial charge in [0.1, 0.15) is 11.7 Å². The molecule has 3 nitrogen and oxygen atoms in total. The summed E-state index contributed by atoms with van der Waals surface area (Å²) in [5, 5.41) is 0. The average Bonchev–Trinajstić information content (AvgIpc) is 2.98. The van der Waals surface area contributed by atoms with Gasteiger partial charge in [0, 0.05) is 31.9 Å². The standard InChI is InChI=1S/C21H28F4N2O/c1-15(28)20(14-26-10-8-17(22)12-26)13-19(2,3)9-11-27(20)18-6-4-16(5-7-18)21(23,24)25/h4-7,17H,8-14H2,1-3H3/t17-,20?/m0/s1. The second kappa shape index (κ2) is 7.32. The smallest absolute Gasteiger partial charge is 0.358 e. The molecule has 2 aliphatic heterocycles. The molecule has 156 valence electrons. The van der Waals surface area contributed by atoms with Gasteiger partial charge in [-0.1, -0.05) is 13.8 Å². The third kappa shape index (κ3) is 4.19. The maximum absolute atomic E-state index is 13.7. The van der Waals surface area contributed by atoms with Crippen molar-refractivity contribution in [2.75, 3.05) is 31.1 Å². The third-order valence-corrected chi connectivity index (χ3v) is 6.16. The molecule has 0 spiro atoms. The first-order chi connectivity index (χ1) is 12.9. The number of anilines is 1. The van der Waals surface area contributed by atoms with Crippen LogP contribution in [0.5, 0.6) is 0 Å². The first kappa shape index (κ1) is 21.1. The summed E-state index contributed by atoms with van der Waals surface area (Å²) in [5.74, 6) is -0.0255. The number of benzene rings is 1. The van der Waals surface area contributed by atoms with Crippen molar-refractivity contribution in [2.24, 2.45) is 5.41 Å². The van der Waals surface area contributed by atoms with Crippen LogP contribution in [0.25, 0.3) is 0 Å². The van der Waals surface area contributed by atoms with E-state index in [1.807, 2.05) is 9.80 Å². The van der Waals surface area contributed by atoms with Crippen LogP contribution in [0, 0.1) is 5.41 Å². The van der Waals surface area contributed by atoms with E-state index in [-0.39, 0.29) is 11.2 Å². The highest BCUT2D eigenvalue weighted by Crippen LogP contribution is 2.44. The Labute approximate surface area is 163 Å². The lowest BCUT2D eigenvalue weighted by Gasteiger charge is -2.53. The molecule has 0 saturated carbocycles. The van der Waals surface area contributed by atoms with Crippen LogP contribution in [0.1, 0.15) is 45.6 Å². The summed E-state index contributed by atoms with van der Waals surface area (Å²) in [6, 6.07) is 5.02. The van der Waals surface area contributed by atoms with Crippen molar-refractivity contribution in [1.29, 1.82) is 0 Å². The number of hydrogen-bond acceptors (Lipinski definition) is 3. The SMILES string of the molecule is CC(=O)C1(CN2CC[C@H](F)C2)CC(C)(C)CCN1c1ccc(C(F)(F)F)cc1. The fourth-order valence-corrected chi connectivity index (χ4v) is 4.68. The Kier molecular flexibility index (Phi) is 5.51. The summed E-state index contributed by atoms with van der Waals surface area (Å²) in [6.45, 7) is 7.63. The Morgan fingerprint density at radius 1 is 1.18 bits per heavy atom. The van der Waals surface area contributed by atoms with E-state index in [2.05, 4.69) is 13.8 Å². The van der Waals surface area contributed by atoms with Crippen molar-refractivity contribution in [3.05, 3.63) is 29.8 Å². The zero-order valence-corrected chi connectivity index (χ0v) is 16.7. The molecule has 0 radical (unpaired) electrons. The minimum atomic E-state index is -4.40. The minimum Gasteiger partial charge on any atom is -0.358 e.